The molecule has 0 saturated carbocycles. The Kier molecular flexibility index (Phi) is 26.1. The van der Waals surface area contributed by atoms with Gasteiger partial charge in [-0.25, -0.2) is 0 Å². The van der Waals surface area contributed by atoms with Crippen molar-refractivity contribution in [2.45, 2.75) is 39.8 Å². The van der Waals surface area contributed by atoms with E-state index in [1.165, 1.54) is 0 Å². The van der Waals surface area contributed by atoms with Gasteiger partial charge in [0.2, 0.25) is 6.03 Å². The van der Waals surface area contributed by atoms with Crippen LogP contribution >= 0.6 is 0 Å². The van der Waals surface area contributed by atoms with Crippen molar-refractivity contribution in [3.8, 4) is 0 Å². The number of carbonyl (C=O) groups is 2. The van der Waals surface area contributed by atoms with E-state index in [1.54, 1.807) is 5.32 Å². The van der Waals surface area contributed by atoms with Crippen LogP contribution in [0, 0.1) is 0 Å². The second kappa shape index (κ2) is 19.1. The molecule has 23 heavy (non-hydrogen) atoms. The van der Waals surface area contributed by atoms with E-state index in [9.17, 15) is 9.59 Å². The van der Waals surface area contributed by atoms with Gasteiger partial charge in [-0.1, -0.05) is 13.8 Å². The Hall–Kier alpha value is 0.750. The molecule has 0 fully saturated rings. The van der Waals surface area contributed by atoms with Gasteiger partial charge in [0.15, 0.2) is 6.03 Å². The minimum Gasteiger partial charge on any atom is -0.870 e. The molecule has 10 heteroatoms. The van der Waals surface area contributed by atoms with Crippen LogP contribution < -0.4 is 62.0 Å². The van der Waals surface area contributed by atoms with Gasteiger partial charge in [0.05, 0.1) is 6.04 Å². The van der Waals surface area contributed by atoms with Crippen molar-refractivity contribution in [3.63, 3.8) is 0 Å². The number of nitrogens with one attached hydrogen (secondary N) is 1. The second-order valence-electron chi connectivity index (χ2n) is 5.42. The summed E-state index contributed by atoms with van der Waals surface area (Å²) in [6.45, 7) is 9.95. The summed E-state index contributed by atoms with van der Waals surface area (Å²) in [7, 11) is 1.92. The summed E-state index contributed by atoms with van der Waals surface area (Å²) in [5.41, 5.74) is 0. The number of amides is 4. The molecule has 0 aromatic heterocycles. The number of nitrogens with zero attached hydrogens (tertiary/aromatic N) is 3. The molecule has 133 valence electrons. The minimum atomic E-state index is -0.278. The fourth-order valence-corrected chi connectivity index (χ4v) is 1.40. The summed E-state index contributed by atoms with van der Waals surface area (Å²) >= 11 is 0. The average molecular weight is 401 g/mol. The molecular formula is C13H29KN5NiO3+2. The summed E-state index contributed by atoms with van der Waals surface area (Å²) in [5, 5.41) is 12.1. The van der Waals surface area contributed by atoms with Gasteiger partial charge in [0, 0.05) is 0 Å². The molecule has 0 spiro atoms. The van der Waals surface area contributed by atoms with E-state index < -0.39 is 0 Å². The number of hydrogen-bond acceptors (Lipinski definition) is 4. The number of primary amides is 1. The molecule has 0 aromatic carbocycles. The Bertz CT molecular complexity index is 281. The van der Waals surface area contributed by atoms with E-state index in [4.69, 9.17) is 0 Å². The fourth-order valence-electron chi connectivity index (χ4n) is 1.40. The maximum absolute atomic E-state index is 11.3. The van der Waals surface area contributed by atoms with Gasteiger partial charge in [-0.05, 0) is 46.6 Å². The van der Waals surface area contributed by atoms with E-state index in [-0.39, 0.29) is 97.5 Å². The van der Waals surface area contributed by atoms with Crippen molar-refractivity contribution in [1.82, 2.24) is 10.2 Å². The smallest absolute Gasteiger partial charge is 0.870 e. The molecule has 8 nitrogen and oxygen atoms in total. The molecule has 0 bridgehead atoms. The van der Waals surface area contributed by atoms with Crippen molar-refractivity contribution in [2.75, 3.05) is 33.2 Å². The predicted octanol–water partition coefficient (Wildman–Crippen LogP) is -2.30. The minimum absolute atomic E-state index is 0. The van der Waals surface area contributed by atoms with Gasteiger partial charge in [0.1, 0.15) is 0 Å². The predicted molar refractivity (Wildman–Crippen MR) is 82.0 cm³/mol. The summed E-state index contributed by atoms with van der Waals surface area (Å²) in [6, 6.07) is -0.109. The van der Waals surface area contributed by atoms with Crippen molar-refractivity contribution >= 4 is 12.1 Å². The van der Waals surface area contributed by atoms with Gasteiger partial charge in [-0.15, -0.1) is 6.54 Å². The van der Waals surface area contributed by atoms with Crippen molar-refractivity contribution in [2.24, 2.45) is 0 Å². The molecule has 4 N–H and O–H groups in total. The van der Waals surface area contributed by atoms with Gasteiger partial charge < -0.3 is 26.3 Å². The van der Waals surface area contributed by atoms with Crippen molar-refractivity contribution in [3.05, 3.63) is 10.6 Å². The summed E-state index contributed by atoms with van der Waals surface area (Å²) in [6.07, 6.45) is 0. The molecule has 0 aliphatic carbocycles. The Labute approximate surface area is 192 Å². The summed E-state index contributed by atoms with van der Waals surface area (Å²) in [4.78, 5) is 24.6. The molecule has 0 aliphatic heterocycles. The Morgan fingerprint density at radius 1 is 1.09 bits per heavy atom. The van der Waals surface area contributed by atoms with Gasteiger partial charge in [-0.3, -0.25) is 14.9 Å². The molecule has 0 rings (SSSR count). The zero-order valence-electron chi connectivity index (χ0n) is 15.0. The first kappa shape index (κ1) is 31.5. The van der Waals surface area contributed by atoms with E-state index in [0.29, 0.717) is 26.2 Å². The molecule has 0 aliphatic rings. The number of urea groups is 2. The zero-order chi connectivity index (χ0) is 15.5. The third-order valence-electron chi connectivity index (χ3n) is 2.37. The maximum atomic E-state index is 11.3. The van der Waals surface area contributed by atoms with Crippen LogP contribution in [0.1, 0.15) is 27.7 Å². The van der Waals surface area contributed by atoms with Gasteiger partial charge >= 0.3 is 67.9 Å². The van der Waals surface area contributed by atoms with Gasteiger partial charge in [-0.2, -0.15) is 0 Å². The first-order chi connectivity index (χ1) is 9.31. The summed E-state index contributed by atoms with van der Waals surface area (Å²) < 4.78 is 0. The van der Waals surface area contributed by atoms with Crippen LogP contribution in [0.25, 0.3) is 10.6 Å². The normalized spacial score (nSPS) is 9.57. The number of nitrogens with two attached hydrogens (primary N) is 1. The molecule has 0 saturated heterocycles. The topological polar surface area (TPSA) is 124 Å². The number of quaternary nitrogens is 1. The second-order valence-corrected chi connectivity index (χ2v) is 5.42. The SMILES string of the molecule is CC(C)NC(=O)[N-]CCN(C)CC[N-]C(=O)[NH2+]C(C)C.[K+].[Ni+3].[OH-]. The zero-order valence-corrected chi connectivity index (χ0v) is 19.1. The Balaban J connectivity index is -0.000000602. The maximum Gasteiger partial charge on any atom is 3.00 e. The number of carbonyl (C=O) groups excluding carboxylic acids is 2. The van der Waals surface area contributed by atoms with E-state index >= 15 is 0 Å². The Morgan fingerprint density at radius 2 is 1.57 bits per heavy atom. The molecule has 0 heterocycles. The average Bonchev–Trinajstić information content (AvgIpc) is 2.26. The number of rotatable bonds is 8. The molecule has 0 unspecified atom stereocenters. The van der Waals surface area contributed by atoms with E-state index in [0.717, 1.165) is 0 Å². The number of hydrogen-bond donors (Lipinski definition) is 2. The fraction of sp³-hybridized carbons (Fsp3) is 0.846. The van der Waals surface area contributed by atoms with Crippen LogP contribution in [0.15, 0.2) is 0 Å². The monoisotopic (exact) mass is 400 g/mol. The van der Waals surface area contributed by atoms with Crippen LogP contribution in [-0.2, 0) is 16.5 Å². The molecule has 4 amide bonds. The van der Waals surface area contributed by atoms with E-state index in [2.05, 4.69) is 16.0 Å². The largest absolute Gasteiger partial charge is 3.00 e. The molecule has 0 aromatic rings. The van der Waals surface area contributed by atoms with Crippen LogP contribution in [0.4, 0.5) is 9.59 Å². The Morgan fingerprint density at radius 3 is 2.00 bits per heavy atom. The first-order valence-electron chi connectivity index (χ1n) is 7.04. The van der Waals surface area contributed by atoms with Crippen molar-refractivity contribution in [1.29, 1.82) is 0 Å². The third kappa shape index (κ3) is 22.7. The quantitative estimate of drug-likeness (QED) is 0.444. The third-order valence-corrected chi connectivity index (χ3v) is 2.37. The molecular weight excluding hydrogens is 372 g/mol. The van der Waals surface area contributed by atoms with Crippen LogP contribution in [0.3, 0.4) is 0 Å². The van der Waals surface area contributed by atoms with E-state index in [1.807, 2.05) is 39.6 Å². The van der Waals surface area contributed by atoms with Crippen LogP contribution in [0.2, 0.25) is 0 Å². The molecule has 1 radical (unpaired) electrons. The summed E-state index contributed by atoms with van der Waals surface area (Å²) in [5.74, 6) is 0. The molecule has 0 atom stereocenters. The van der Waals surface area contributed by atoms with Gasteiger partial charge in [0.25, 0.3) is 0 Å². The number of likely N-dealkylation sites (N-methyl/N-ethyl adjacent to an activating group) is 1. The van der Waals surface area contributed by atoms with Crippen LogP contribution in [-0.4, -0.2) is 67.7 Å². The standard InChI is InChI=1S/C13H29N5O2.K.Ni.H2O/c1-10(2)16-12(19)14-6-8-18(5)9-7-15-13(20)17-11(3)4;;;/h10-11H,6-9H2,1-5H3,(H4,14,15,16,17,19,20);;;1H2/q;+1;+3;/p-2. The van der Waals surface area contributed by atoms with Crippen LogP contribution in [0.5, 0.6) is 0 Å². The first-order valence-corrected chi connectivity index (χ1v) is 7.04. The van der Waals surface area contributed by atoms with Crippen molar-refractivity contribution < 1.29 is 88.3 Å².